The second kappa shape index (κ2) is 9.34. The summed E-state index contributed by atoms with van der Waals surface area (Å²) in [5.74, 6) is 0. The third-order valence-electron chi connectivity index (χ3n) is 3.24. The van der Waals surface area contributed by atoms with Crippen molar-refractivity contribution in [2.24, 2.45) is 0 Å². The lowest BCUT2D eigenvalue weighted by atomic mass is 10.1. The molecule has 0 bridgehead atoms. The van der Waals surface area contributed by atoms with Gasteiger partial charge in [0.05, 0.1) is 24.3 Å². The van der Waals surface area contributed by atoms with E-state index in [-0.39, 0.29) is 23.4 Å². The second-order valence-electron chi connectivity index (χ2n) is 5.34. The first-order valence-electron chi connectivity index (χ1n) is 7.34. The number of alkyl halides is 6. The van der Waals surface area contributed by atoms with Gasteiger partial charge in [-0.2, -0.15) is 26.3 Å². The summed E-state index contributed by atoms with van der Waals surface area (Å²) in [7, 11) is 0. The molecular weight excluding hydrogens is 396 g/mol. The van der Waals surface area contributed by atoms with Crippen LogP contribution in [0.2, 0.25) is 0 Å². The van der Waals surface area contributed by atoms with Crippen molar-refractivity contribution in [1.82, 2.24) is 0 Å². The molecule has 27 heavy (non-hydrogen) atoms. The molecule has 0 radical (unpaired) electrons. The predicted octanol–water partition coefficient (Wildman–Crippen LogP) is 4.70. The van der Waals surface area contributed by atoms with E-state index in [0.717, 1.165) is 24.3 Å². The largest absolute Gasteiger partial charge is 0.416 e. The molecule has 0 spiro atoms. The maximum Gasteiger partial charge on any atom is 0.416 e. The van der Waals surface area contributed by atoms with E-state index >= 15 is 0 Å². The maximum atomic E-state index is 12.3. The predicted molar refractivity (Wildman–Crippen MR) is 90.9 cm³/mol. The molecule has 0 fully saturated rings. The Hall–Kier alpha value is -1.91. The molecule has 4 N–H and O–H groups in total. The monoisotopic (exact) mass is 413 g/mol. The lowest BCUT2D eigenvalue weighted by Crippen LogP contribution is -2.06. The Morgan fingerprint density at radius 3 is 1.63 bits per heavy atom. The molecular formula is C17H17F6NO2S. The Labute approximate surface area is 155 Å². The molecule has 2 aromatic rings. The Morgan fingerprint density at radius 2 is 1.22 bits per heavy atom. The molecule has 2 rings (SSSR count). The zero-order valence-corrected chi connectivity index (χ0v) is 14.8. The van der Waals surface area contributed by atoms with Gasteiger partial charge < -0.3 is 15.9 Å². The number of nitrogen functional groups attached to an aromatic ring is 1. The molecule has 0 aliphatic carbocycles. The standard InChI is InChI=1S/C9H9F3OS.C8H8F3NO/c1-14-8-3-6(5-13)2-7(4-8)9(10,11)12;9-8(10,11)6-1-5(4-13)2-7(12)3-6/h2-4,13H,5H2,1H3;1-3,13H,4,12H2. The molecule has 0 unspecified atom stereocenters. The van der Waals surface area contributed by atoms with E-state index in [2.05, 4.69) is 0 Å². The molecule has 0 heterocycles. The zero-order chi connectivity index (χ0) is 20.8. The van der Waals surface area contributed by atoms with Crippen LogP contribution in [0.15, 0.2) is 41.3 Å². The van der Waals surface area contributed by atoms with Gasteiger partial charge in [-0.3, -0.25) is 0 Å². The summed E-state index contributed by atoms with van der Waals surface area (Å²) in [6, 6.07) is 6.58. The molecule has 150 valence electrons. The fraction of sp³-hybridized carbons (Fsp3) is 0.294. The maximum absolute atomic E-state index is 12.3. The van der Waals surface area contributed by atoms with Crippen LogP contribution in [0.25, 0.3) is 0 Å². The van der Waals surface area contributed by atoms with Crippen LogP contribution < -0.4 is 5.73 Å². The third kappa shape index (κ3) is 7.31. The van der Waals surface area contributed by atoms with Gasteiger partial charge >= 0.3 is 12.4 Å². The van der Waals surface area contributed by atoms with Crippen molar-refractivity contribution < 1.29 is 36.6 Å². The minimum atomic E-state index is -4.42. The van der Waals surface area contributed by atoms with Crippen molar-refractivity contribution in [2.75, 3.05) is 12.0 Å². The van der Waals surface area contributed by atoms with Crippen LogP contribution in [0.4, 0.5) is 32.0 Å². The number of thioether (sulfide) groups is 1. The van der Waals surface area contributed by atoms with Gasteiger partial charge in [-0.1, -0.05) is 0 Å². The first kappa shape index (κ1) is 23.1. The fourth-order valence-electron chi connectivity index (χ4n) is 2.01. The summed E-state index contributed by atoms with van der Waals surface area (Å²) in [5, 5.41) is 17.4. The molecule has 10 heteroatoms. The van der Waals surface area contributed by atoms with Crippen molar-refractivity contribution in [1.29, 1.82) is 0 Å². The minimum absolute atomic E-state index is 0.00104. The SMILES string of the molecule is CSc1cc(CO)cc(C(F)(F)F)c1.Nc1cc(CO)cc(C(F)(F)F)c1. The van der Waals surface area contributed by atoms with Crippen molar-refractivity contribution in [3.05, 3.63) is 58.7 Å². The van der Waals surface area contributed by atoms with Crippen LogP contribution in [0.1, 0.15) is 22.3 Å². The minimum Gasteiger partial charge on any atom is -0.399 e. The number of nitrogens with two attached hydrogens (primary N) is 1. The lowest BCUT2D eigenvalue weighted by Gasteiger charge is -2.09. The normalized spacial score (nSPS) is 11.7. The van der Waals surface area contributed by atoms with Gasteiger partial charge in [0.2, 0.25) is 0 Å². The zero-order valence-electron chi connectivity index (χ0n) is 14.0. The fourth-order valence-corrected chi connectivity index (χ4v) is 2.52. The highest BCUT2D eigenvalue weighted by molar-refractivity contribution is 7.98. The molecule has 2 aromatic carbocycles. The highest BCUT2D eigenvalue weighted by atomic mass is 32.2. The van der Waals surface area contributed by atoms with Gasteiger partial charge in [0.25, 0.3) is 0 Å². The van der Waals surface area contributed by atoms with Gasteiger partial charge in [0, 0.05) is 10.6 Å². The van der Waals surface area contributed by atoms with Gasteiger partial charge in [-0.05, 0) is 53.8 Å². The van der Waals surface area contributed by atoms with Crippen LogP contribution in [0.3, 0.4) is 0 Å². The average molecular weight is 413 g/mol. The molecule has 0 aliphatic heterocycles. The van der Waals surface area contributed by atoms with Crippen LogP contribution in [-0.2, 0) is 25.6 Å². The number of halogens is 6. The van der Waals surface area contributed by atoms with Gasteiger partial charge in [0.1, 0.15) is 0 Å². The molecule has 0 amide bonds. The molecule has 0 aromatic heterocycles. The van der Waals surface area contributed by atoms with Crippen LogP contribution >= 0.6 is 11.8 Å². The van der Waals surface area contributed by atoms with E-state index in [1.165, 1.54) is 17.8 Å². The molecule has 0 saturated carbocycles. The van der Waals surface area contributed by atoms with Crippen molar-refractivity contribution in [3.63, 3.8) is 0 Å². The van der Waals surface area contributed by atoms with Crippen molar-refractivity contribution in [3.8, 4) is 0 Å². The summed E-state index contributed by atoms with van der Waals surface area (Å²) in [5.41, 5.74) is 4.11. The van der Waals surface area contributed by atoms with Crippen molar-refractivity contribution >= 4 is 17.4 Å². The first-order valence-corrected chi connectivity index (χ1v) is 8.56. The Morgan fingerprint density at radius 1 is 0.778 bits per heavy atom. The Kier molecular flexibility index (Phi) is 8.00. The smallest absolute Gasteiger partial charge is 0.399 e. The lowest BCUT2D eigenvalue weighted by molar-refractivity contribution is -0.138. The molecule has 0 saturated heterocycles. The number of hydrogen-bond acceptors (Lipinski definition) is 4. The highest BCUT2D eigenvalue weighted by Gasteiger charge is 2.31. The Bertz CT molecular complexity index is 740. The topological polar surface area (TPSA) is 66.5 Å². The number of anilines is 1. The third-order valence-corrected chi connectivity index (χ3v) is 3.94. The molecule has 3 nitrogen and oxygen atoms in total. The van der Waals surface area contributed by atoms with Gasteiger partial charge in [0.15, 0.2) is 0 Å². The van der Waals surface area contributed by atoms with Gasteiger partial charge in [-0.15, -0.1) is 11.8 Å². The van der Waals surface area contributed by atoms with E-state index in [0.29, 0.717) is 4.90 Å². The number of aliphatic hydroxyl groups excluding tert-OH is 2. The quantitative estimate of drug-likeness (QED) is 0.388. The Balaban J connectivity index is 0.000000271. The number of hydrogen-bond donors (Lipinski definition) is 3. The van der Waals surface area contributed by atoms with Gasteiger partial charge in [-0.25, -0.2) is 0 Å². The second-order valence-corrected chi connectivity index (χ2v) is 6.22. The van der Waals surface area contributed by atoms with Crippen LogP contribution in [0, 0.1) is 0 Å². The highest BCUT2D eigenvalue weighted by Crippen LogP contribution is 2.33. The van der Waals surface area contributed by atoms with Crippen LogP contribution in [0.5, 0.6) is 0 Å². The summed E-state index contributed by atoms with van der Waals surface area (Å²) in [6.07, 6.45) is -7.08. The average Bonchev–Trinajstić information content (AvgIpc) is 2.59. The number of aliphatic hydroxyl groups is 2. The number of benzene rings is 2. The summed E-state index contributed by atoms with van der Waals surface area (Å²) >= 11 is 1.22. The molecule has 0 aliphatic rings. The van der Waals surface area contributed by atoms with E-state index < -0.39 is 30.1 Å². The first-order chi connectivity index (χ1) is 12.4. The summed E-state index contributed by atoms with van der Waals surface area (Å²) in [6.45, 7) is -0.828. The van der Waals surface area contributed by atoms with E-state index in [9.17, 15) is 26.3 Å². The van der Waals surface area contributed by atoms with E-state index in [4.69, 9.17) is 15.9 Å². The van der Waals surface area contributed by atoms with E-state index in [1.807, 2.05) is 0 Å². The van der Waals surface area contributed by atoms with Crippen molar-refractivity contribution in [2.45, 2.75) is 30.5 Å². The van der Waals surface area contributed by atoms with E-state index in [1.54, 1.807) is 12.3 Å². The summed E-state index contributed by atoms with van der Waals surface area (Å²) < 4.78 is 73.4. The number of rotatable bonds is 3. The van der Waals surface area contributed by atoms with Crippen LogP contribution in [-0.4, -0.2) is 16.5 Å². The molecule has 0 atom stereocenters. The summed E-state index contributed by atoms with van der Waals surface area (Å²) in [4.78, 5) is 0.504.